The van der Waals surface area contributed by atoms with E-state index in [-0.39, 0.29) is 24.4 Å². The Morgan fingerprint density at radius 3 is 2.92 bits per heavy atom. The number of pyridine rings is 1. The van der Waals surface area contributed by atoms with Crippen molar-refractivity contribution in [1.82, 2.24) is 20.2 Å². The van der Waals surface area contributed by atoms with Crippen molar-refractivity contribution in [3.8, 4) is 0 Å². The lowest BCUT2D eigenvalue weighted by Gasteiger charge is -2.28. The number of halogens is 2. The van der Waals surface area contributed by atoms with Gasteiger partial charge in [-0.3, -0.25) is 4.79 Å². The highest BCUT2D eigenvalue weighted by atomic mass is 19.1. The van der Waals surface area contributed by atoms with Crippen LogP contribution < -0.4 is 15.5 Å². The molecule has 2 aliphatic rings. The summed E-state index contributed by atoms with van der Waals surface area (Å²) in [5.74, 6) is -0.608. The van der Waals surface area contributed by atoms with Crippen LogP contribution in [0.3, 0.4) is 0 Å². The molecule has 0 aliphatic carbocycles. The maximum Gasteiger partial charge on any atom is 0.252 e. The van der Waals surface area contributed by atoms with Crippen LogP contribution in [-0.4, -0.2) is 58.4 Å². The third-order valence-electron chi connectivity index (χ3n) is 7.12. The minimum Gasteiger partial charge on any atom is -0.389 e. The van der Waals surface area contributed by atoms with Crippen molar-refractivity contribution < 1.29 is 18.7 Å². The molecule has 1 aromatic carbocycles. The Kier molecular flexibility index (Phi) is 6.70. The lowest BCUT2D eigenvalue weighted by atomic mass is 10.0. The molecule has 3 aromatic rings. The highest BCUT2D eigenvalue weighted by Gasteiger charge is 2.31. The van der Waals surface area contributed by atoms with E-state index in [1.54, 1.807) is 19.9 Å². The normalized spacial score (nSPS) is 20.1. The number of benzene rings is 1. The molecule has 3 N–H and O–H groups in total. The summed E-state index contributed by atoms with van der Waals surface area (Å²) < 4.78 is 31.7. The standard InChI is InChI=1S/C27H33F2N5O2/c1-27(2,36)16-34-8-5-19-10-20(14-32-25(19)34)26(35)30-6-3-18-11-23(29)24(12-22(18)28)33-7-4-17-9-21(15-33)31-13-17/h5,8,10-12,14,17,21,31,36H,3-4,6-7,9,13,15-16H2,1-2H3,(H,30,35). The maximum absolute atomic E-state index is 15.0. The van der Waals surface area contributed by atoms with Gasteiger partial charge in [0.05, 0.1) is 23.4 Å². The number of hydrogen-bond acceptors (Lipinski definition) is 5. The number of hydrogen-bond donors (Lipinski definition) is 3. The number of rotatable bonds is 7. The molecule has 2 aliphatic heterocycles. The van der Waals surface area contributed by atoms with Crippen LogP contribution in [0.25, 0.3) is 11.0 Å². The summed E-state index contributed by atoms with van der Waals surface area (Å²) in [5.41, 5.74) is 0.725. The van der Waals surface area contributed by atoms with Crippen molar-refractivity contribution in [1.29, 1.82) is 0 Å². The zero-order chi connectivity index (χ0) is 25.4. The number of carbonyl (C=O) groups is 1. The summed E-state index contributed by atoms with van der Waals surface area (Å²) >= 11 is 0. The van der Waals surface area contributed by atoms with Crippen LogP contribution in [0.1, 0.15) is 42.6 Å². The molecule has 2 bridgehead atoms. The molecule has 2 unspecified atom stereocenters. The summed E-state index contributed by atoms with van der Waals surface area (Å²) in [5, 5.41) is 17.1. The molecule has 2 atom stereocenters. The van der Waals surface area contributed by atoms with E-state index in [0.29, 0.717) is 41.9 Å². The third-order valence-corrected chi connectivity index (χ3v) is 7.12. The molecule has 192 valence electrons. The summed E-state index contributed by atoms with van der Waals surface area (Å²) in [6.45, 7) is 6.42. The minimum absolute atomic E-state index is 0.170. The van der Waals surface area contributed by atoms with Crippen molar-refractivity contribution in [3.05, 3.63) is 59.4 Å². The molecule has 1 amide bonds. The number of carbonyl (C=O) groups excluding carboxylic acids is 1. The smallest absolute Gasteiger partial charge is 0.252 e. The monoisotopic (exact) mass is 497 g/mol. The lowest BCUT2D eigenvalue weighted by molar-refractivity contribution is 0.0626. The van der Waals surface area contributed by atoms with Gasteiger partial charge in [0, 0.05) is 49.5 Å². The number of nitrogens with zero attached hydrogens (tertiary/aromatic N) is 3. The molecule has 0 saturated carbocycles. The molecule has 4 heterocycles. The Balaban J connectivity index is 1.20. The van der Waals surface area contributed by atoms with E-state index in [1.807, 2.05) is 21.7 Å². The SMILES string of the molecule is CC(C)(O)Cn1ccc2cc(C(=O)NCCc3cc(F)c(N4CCC5CNC(C5)C4)cc3F)cnc21. The van der Waals surface area contributed by atoms with E-state index in [4.69, 9.17) is 0 Å². The van der Waals surface area contributed by atoms with Crippen LogP contribution in [0.15, 0.2) is 36.7 Å². The molecule has 2 aromatic heterocycles. The molecule has 36 heavy (non-hydrogen) atoms. The first-order chi connectivity index (χ1) is 17.2. The Bertz CT molecular complexity index is 1270. The van der Waals surface area contributed by atoms with Crippen LogP contribution in [-0.2, 0) is 13.0 Å². The Morgan fingerprint density at radius 2 is 2.11 bits per heavy atom. The van der Waals surface area contributed by atoms with Gasteiger partial charge < -0.3 is 25.2 Å². The van der Waals surface area contributed by atoms with Crippen molar-refractivity contribution in [2.45, 2.75) is 51.3 Å². The van der Waals surface area contributed by atoms with E-state index < -0.39 is 17.2 Å². The van der Waals surface area contributed by atoms with Gasteiger partial charge in [0.25, 0.3) is 5.91 Å². The van der Waals surface area contributed by atoms with Gasteiger partial charge in [-0.15, -0.1) is 0 Å². The van der Waals surface area contributed by atoms with Crippen molar-refractivity contribution in [3.63, 3.8) is 0 Å². The fourth-order valence-corrected chi connectivity index (χ4v) is 5.35. The van der Waals surface area contributed by atoms with Crippen LogP contribution in [0, 0.1) is 17.6 Å². The number of anilines is 1. The fraction of sp³-hybridized carbons (Fsp3) is 0.481. The summed E-state index contributed by atoms with van der Waals surface area (Å²) in [4.78, 5) is 19.0. The van der Waals surface area contributed by atoms with Gasteiger partial charge in [-0.2, -0.15) is 0 Å². The van der Waals surface area contributed by atoms with Crippen LogP contribution in [0.5, 0.6) is 0 Å². The molecule has 9 heteroatoms. The molecule has 5 rings (SSSR count). The van der Waals surface area contributed by atoms with Gasteiger partial charge in [-0.05, 0) is 69.3 Å². The van der Waals surface area contributed by atoms with E-state index in [2.05, 4.69) is 15.6 Å². The van der Waals surface area contributed by atoms with Crippen LogP contribution >= 0.6 is 0 Å². The Hall–Kier alpha value is -3.04. The summed E-state index contributed by atoms with van der Waals surface area (Å²) in [7, 11) is 0. The predicted octanol–water partition coefficient (Wildman–Crippen LogP) is 3.25. The van der Waals surface area contributed by atoms with E-state index in [9.17, 15) is 18.7 Å². The van der Waals surface area contributed by atoms with Gasteiger partial charge in [-0.1, -0.05) is 0 Å². The first-order valence-corrected chi connectivity index (χ1v) is 12.6. The van der Waals surface area contributed by atoms with Gasteiger partial charge in [0.1, 0.15) is 17.3 Å². The van der Waals surface area contributed by atoms with E-state index in [0.717, 1.165) is 31.3 Å². The predicted molar refractivity (Wildman–Crippen MR) is 135 cm³/mol. The number of nitrogens with one attached hydrogen (secondary N) is 2. The second-order valence-electron chi connectivity index (χ2n) is 10.7. The average molecular weight is 498 g/mol. The van der Waals surface area contributed by atoms with E-state index >= 15 is 0 Å². The number of aliphatic hydroxyl groups is 1. The van der Waals surface area contributed by atoms with Crippen molar-refractivity contribution in [2.24, 2.45) is 5.92 Å². The van der Waals surface area contributed by atoms with Gasteiger partial charge >= 0.3 is 0 Å². The van der Waals surface area contributed by atoms with Crippen molar-refractivity contribution >= 4 is 22.6 Å². The van der Waals surface area contributed by atoms with Gasteiger partial charge in [0.15, 0.2) is 0 Å². The molecule has 0 radical (unpaired) electrons. The zero-order valence-corrected chi connectivity index (χ0v) is 20.7. The van der Waals surface area contributed by atoms with Gasteiger partial charge in [-0.25, -0.2) is 13.8 Å². The maximum atomic E-state index is 15.0. The summed E-state index contributed by atoms with van der Waals surface area (Å²) in [6, 6.07) is 6.45. The lowest BCUT2D eigenvalue weighted by Crippen LogP contribution is -2.39. The topological polar surface area (TPSA) is 82.4 Å². The average Bonchev–Trinajstić information content (AvgIpc) is 3.36. The fourth-order valence-electron chi connectivity index (χ4n) is 5.35. The third kappa shape index (κ3) is 5.37. The van der Waals surface area contributed by atoms with Crippen molar-refractivity contribution in [2.75, 3.05) is 31.1 Å². The first-order valence-electron chi connectivity index (χ1n) is 12.6. The quantitative estimate of drug-likeness (QED) is 0.467. The minimum atomic E-state index is -0.888. The molecule has 2 saturated heterocycles. The zero-order valence-electron chi connectivity index (χ0n) is 20.7. The number of amides is 1. The molecule has 0 spiro atoms. The first kappa shape index (κ1) is 24.6. The largest absolute Gasteiger partial charge is 0.389 e. The van der Waals surface area contributed by atoms with Crippen LogP contribution in [0.4, 0.5) is 14.5 Å². The molecule has 2 fully saturated rings. The number of fused-ring (bicyclic) bond motifs is 3. The Labute approximate surface area is 209 Å². The summed E-state index contributed by atoms with van der Waals surface area (Å²) in [6.07, 6.45) is 5.55. The second kappa shape index (κ2) is 9.78. The Morgan fingerprint density at radius 1 is 1.28 bits per heavy atom. The van der Waals surface area contributed by atoms with Crippen LogP contribution in [0.2, 0.25) is 0 Å². The highest BCUT2D eigenvalue weighted by Crippen LogP contribution is 2.29. The number of aromatic nitrogens is 2. The highest BCUT2D eigenvalue weighted by molar-refractivity contribution is 5.97. The van der Waals surface area contributed by atoms with E-state index in [1.165, 1.54) is 18.3 Å². The second-order valence-corrected chi connectivity index (χ2v) is 10.7. The molecular formula is C27H33F2N5O2. The molecule has 7 nitrogen and oxygen atoms in total. The van der Waals surface area contributed by atoms with Gasteiger partial charge in [0.2, 0.25) is 0 Å². The molecular weight excluding hydrogens is 464 g/mol.